The Morgan fingerprint density at radius 2 is 0.741 bits per heavy atom. The largest absolute Gasteiger partial charge is 0.390 e. The van der Waals surface area contributed by atoms with Crippen LogP contribution in [0, 0.1) is 13.8 Å². The van der Waals surface area contributed by atoms with Gasteiger partial charge in [-0.3, -0.25) is 9.80 Å². The molecule has 0 saturated carbocycles. The van der Waals surface area contributed by atoms with Crippen molar-refractivity contribution in [2.75, 3.05) is 39.3 Å². The normalized spacial score (nSPS) is 15.0. The molecule has 0 bridgehead atoms. The van der Waals surface area contributed by atoms with Crippen molar-refractivity contribution < 1.29 is 10.2 Å². The molecule has 2 aromatic heterocycles. The maximum Gasteiger partial charge on any atom is 0.0845 e. The Balaban J connectivity index is 0.913. The van der Waals surface area contributed by atoms with Gasteiger partial charge in [0.05, 0.1) is 36.7 Å². The summed E-state index contributed by atoms with van der Waals surface area (Å²) < 4.78 is 4.67. The van der Waals surface area contributed by atoms with Crippen molar-refractivity contribution in [1.29, 1.82) is 0 Å². The van der Waals surface area contributed by atoms with E-state index in [1.54, 1.807) is 0 Å². The molecule has 6 nitrogen and oxygen atoms in total. The SMILES string of the molecule is Cc1ccc2c(c1)c(-c1ccccc1)c(-c1ccccc1)n2CC(O)CN1CCN(CC(O)Cn2c(-c3ccccc3)c(-c3ccccc3)c3cc(C)ccc32)CC1. The molecule has 0 spiro atoms. The average Bonchev–Trinajstić information content (AvgIpc) is 3.73. The molecule has 6 aromatic carbocycles. The zero-order valence-electron chi connectivity index (χ0n) is 33.5. The third-order valence-electron chi connectivity index (χ3n) is 11.8. The summed E-state index contributed by atoms with van der Waals surface area (Å²) in [4.78, 5) is 4.76. The number of hydrogen-bond acceptors (Lipinski definition) is 4. The van der Waals surface area contributed by atoms with E-state index >= 15 is 0 Å². The van der Waals surface area contributed by atoms with Crippen molar-refractivity contribution in [3.05, 3.63) is 169 Å². The van der Waals surface area contributed by atoms with Crippen LogP contribution in [0.1, 0.15) is 11.1 Å². The Hall–Kier alpha value is -5.76. The number of hydrogen-bond donors (Lipinski definition) is 2. The molecule has 1 aliphatic rings. The van der Waals surface area contributed by atoms with Crippen molar-refractivity contribution in [2.24, 2.45) is 0 Å². The molecule has 0 aliphatic carbocycles. The molecule has 0 radical (unpaired) electrons. The summed E-state index contributed by atoms with van der Waals surface area (Å²) in [7, 11) is 0. The standard InChI is InChI=1S/C52H52N4O2/c1-37-23-25-47-45(31-37)49(39-15-7-3-8-16-39)51(41-19-11-5-12-20-41)55(47)35-43(57)33-53-27-29-54(30-28-53)34-44(58)36-56-48-26-24-38(2)32-46(48)50(40-17-9-4-10-18-40)52(56)42-21-13-6-14-22-42/h3-26,31-32,43-44,57-58H,27-30,33-36H2,1-2H3. The lowest BCUT2D eigenvalue weighted by Gasteiger charge is -2.36. The van der Waals surface area contributed by atoms with Gasteiger partial charge in [0.15, 0.2) is 0 Å². The first kappa shape index (κ1) is 37.8. The van der Waals surface area contributed by atoms with Gasteiger partial charge in [0.1, 0.15) is 0 Å². The molecule has 8 aromatic rings. The lowest BCUT2D eigenvalue weighted by atomic mass is 9.97. The zero-order valence-corrected chi connectivity index (χ0v) is 33.5. The van der Waals surface area contributed by atoms with Crippen LogP contribution in [0.4, 0.5) is 0 Å². The smallest absolute Gasteiger partial charge is 0.0845 e. The first-order chi connectivity index (χ1) is 28.4. The maximum absolute atomic E-state index is 11.8. The Kier molecular flexibility index (Phi) is 10.8. The van der Waals surface area contributed by atoms with Gasteiger partial charge in [-0.1, -0.05) is 145 Å². The van der Waals surface area contributed by atoms with Gasteiger partial charge >= 0.3 is 0 Å². The minimum absolute atomic E-state index is 0.495. The Morgan fingerprint density at radius 1 is 0.414 bits per heavy atom. The fraction of sp³-hybridized carbons (Fsp3) is 0.231. The van der Waals surface area contributed by atoms with E-state index in [1.165, 1.54) is 44.2 Å². The lowest BCUT2D eigenvalue weighted by Crippen LogP contribution is -2.50. The highest BCUT2D eigenvalue weighted by molar-refractivity contribution is 6.06. The third kappa shape index (κ3) is 7.64. The lowest BCUT2D eigenvalue weighted by molar-refractivity contribution is 0.0412. The van der Waals surface area contributed by atoms with Crippen molar-refractivity contribution in [1.82, 2.24) is 18.9 Å². The minimum atomic E-state index is -0.555. The van der Waals surface area contributed by atoms with Crippen LogP contribution < -0.4 is 0 Å². The van der Waals surface area contributed by atoms with Crippen LogP contribution in [-0.2, 0) is 13.1 Å². The van der Waals surface area contributed by atoms with Crippen LogP contribution in [0.25, 0.3) is 66.6 Å². The zero-order chi connectivity index (χ0) is 39.6. The molecular weight excluding hydrogens is 713 g/mol. The molecule has 9 rings (SSSR count). The number of β-amino-alcohol motifs (C(OH)–C–C–N with tert-alkyl or cyclic N) is 2. The highest BCUT2D eigenvalue weighted by Crippen LogP contribution is 2.43. The number of aliphatic hydroxyl groups is 2. The fourth-order valence-corrected chi connectivity index (χ4v) is 9.19. The molecule has 2 N–H and O–H groups in total. The number of piperazine rings is 1. The molecule has 58 heavy (non-hydrogen) atoms. The van der Waals surface area contributed by atoms with Gasteiger partial charge in [0, 0.05) is 72.2 Å². The number of nitrogens with zero attached hydrogens (tertiary/aromatic N) is 4. The van der Waals surface area contributed by atoms with Gasteiger partial charge in [-0.2, -0.15) is 0 Å². The number of benzene rings is 6. The number of fused-ring (bicyclic) bond motifs is 2. The molecule has 292 valence electrons. The molecule has 1 fully saturated rings. The Labute approximate surface area is 341 Å². The summed E-state index contributed by atoms with van der Waals surface area (Å²) in [6.07, 6.45) is -1.11. The molecule has 2 unspecified atom stereocenters. The number of aromatic nitrogens is 2. The number of aryl methyl sites for hydroxylation is 2. The molecule has 1 aliphatic heterocycles. The molecule has 2 atom stereocenters. The van der Waals surface area contributed by atoms with E-state index in [1.807, 2.05) is 0 Å². The van der Waals surface area contributed by atoms with E-state index in [0.717, 1.165) is 59.7 Å². The van der Waals surface area contributed by atoms with Crippen molar-refractivity contribution >= 4 is 21.8 Å². The van der Waals surface area contributed by atoms with Crippen molar-refractivity contribution in [3.8, 4) is 44.8 Å². The van der Waals surface area contributed by atoms with E-state index in [-0.39, 0.29) is 0 Å². The molecule has 6 heteroatoms. The number of rotatable bonds is 12. The predicted molar refractivity (Wildman–Crippen MR) is 240 cm³/mol. The summed E-state index contributed by atoms with van der Waals surface area (Å²) >= 11 is 0. The van der Waals surface area contributed by atoms with Gasteiger partial charge < -0.3 is 19.3 Å². The van der Waals surface area contributed by atoms with Gasteiger partial charge in [-0.25, -0.2) is 0 Å². The first-order valence-electron chi connectivity index (χ1n) is 20.7. The van der Waals surface area contributed by atoms with Crippen LogP contribution in [0.3, 0.4) is 0 Å². The van der Waals surface area contributed by atoms with E-state index in [0.29, 0.717) is 26.2 Å². The second kappa shape index (κ2) is 16.6. The van der Waals surface area contributed by atoms with E-state index < -0.39 is 12.2 Å². The van der Waals surface area contributed by atoms with Crippen LogP contribution in [0.5, 0.6) is 0 Å². The summed E-state index contributed by atoms with van der Waals surface area (Å²) in [5, 5.41) is 26.0. The van der Waals surface area contributed by atoms with Crippen LogP contribution in [-0.4, -0.2) is 80.6 Å². The molecule has 3 heterocycles. The Morgan fingerprint density at radius 3 is 1.09 bits per heavy atom. The Bertz CT molecular complexity index is 2440. The average molecular weight is 765 g/mol. The third-order valence-corrected chi connectivity index (χ3v) is 11.8. The van der Waals surface area contributed by atoms with E-state index in [9.17, 15) is 10.2 Å². The summed E-state index contributed by atoms with van der Waals surface area (Å²) in [5.41, 5.74) is 14.0. The summed E-state index contributed by atoms with van der Waals surface area (Å²) in [5.74, 6) is 0. The quantitative estimate of drug-likeness (QED) is 0.130. The molecule has 0 amide bonds. The van der Waals surface area contributed by atoms with Crippen LogP contribution in [0.15, 0.2) is 158 Å². The molecular formula is C52H52N4O2. The van der Waals surface area contributed by atoms with Crippen molar-refractivity contribution in [2.45, 2.75) is 39.1 Å². The van der Waals surface area contributed by atoms with Crippen LogP contribution >= 0.6 is 0 Å². The summed E-state index contributed by atoms with van der Waals surface area (Å²) in [6, 6.07) is 55.8. The number of aliphatic hydroxyl groups excluding tert-OH is 2. The topological polar surface area (TPSA) is 56.8 Å². The highest BCUT2D eigenvalue weighted by atomic mass is 16.3. The fourth-order valence-electron chi connectivity index (χ4n) is 9.19. The minimum Gasteiger partial charge on any atom is -0.390 e. The van der Waals surface area contributed by atoms with E-state index in [2.05, 4.69) is 191 Å². The second-order valence-corrected chi connectivity index (χ2v) is 16.1. The highest BCUT2D eigenvalue weighted by Gasteiger charge is 2.27. The maximum atomic E-state index is 11.8. The van der Waals surface area contributed by atoms with Crippen molar-refractivity contribution in [3.63, 3.8) is 0 Å². The van der Waals surface area contributed by atoms with Gasteiger partial charge in [0.2, 0.25) is 0 Å². The second-order valence-electron chi connectivity index (χ2n) is 16.1. The van der Waals surface area contributed by atoms with Gasteiger partial charge in [-0.05, 0) is 60.4 Å². The first-order valence-corrected chi connectivity index (χ1v) is 20.7. The molecule has 1 saturated heterocycles. The van der Waals surface area contributed by atoms with Gasteiger partial charge in [-0.15, -0.1) is 0 Å². The van der Waals surface area contributed by atoms with E-state index in [4.69, 9.17) is 0 Å². The van der Waals surface area contributed by atoms with Crippen LogP contribution in [0.2, 0.25) is 0 Å². The predicted octanol–water partition coefficient (Wildman–Crippen LogP) is 9.92. The monoisotopic (exact) mass is 764 g/mol. The summed E-state index contributed by atoms with van der Waals surface area (Å²) in [6.45, 7) is 9.84. The van der Waals surface area contributed by atoms with Gasteiger partial charge in [0.25, 0.3) is 0 Å².